The van der Waals surface area contributed by atoms with Crippen LogP contribution in [0.5, 0.6) is 5.75 Å². The molecule has 1 aromatic rings. The highest BCUT2D eigenvalue weighted by atomic mass is 16.5. The maximum atomic E-state index is 12.4. The molecule has 2 atom stereocenters. The first-order valence-electron chi connectivity index (χ1n) is 8.27. The molecule has 3 nitrogen and oxygen atoms in total. The van der Waals surface area contributed by atoms with Crippen molar-refractivity contribution in [3.05, 3.63) is 35.4 Å². The van der Waals surface area contributed by atoms with Crippen LogP contribution < -0.4 is 10.1 Å². The Kier molecular flexibility index (Phi) is 3.98. The van der Waals surface area contributed by atoms with Crippen molar-refractivity contribution >= 4 is 11.5 Å². The fraction of sp³-hybridized carbons (Fsp3) is 0.526. The molecule has 0 saturated carbocycles. The van der Waals surface area contributed by atoms with Gasteiger partial charge in [0.1, 0.15) is 5.75 Å². The van der Waals surface area contributed by atoms with Crippen LogP contribution in [0.4, 0.5) is 0 Å². The molecule has 1 aliphatic heterocycles. The van der Waals surface area contributed by atoms with Crippen molar-refractivity contribution in [1.82, 2.24) is 5.32 Å². The van der Waals surface area contributed by atoms with Crippen molar-refractivity contribution in [3.63, 3.8) is 0 Å². The van der Waals surface area contributed by atoms with Gasteiger partial charge in [-0.05, 0) is 54.9 Å². The highest BCUT2D eigenvalue weighted by Crippen LogP contribution is 2.51. The van der Waals surface area contributed by atoms with Crippen LogP contribution in [0.1, 0.15) is 45.1 Å². The van der Waals surface area contributed by atoms with Crippen molar-refractivity contribution in [2.45, 2.75) is 39.5 Å². The monoisotopic (exact) mass is 299 g/mol. The Morgan fingerprint density at radius 3 is 2.55 bits per heavy atom. The minimum atomic E-state index is -0.165. The van der Waals surface area contributed by atoms with Crippen LogP contribution in [0.2, 0.25) is 0 Å². The summed E-state index contributed by atoms with van der Waals surface area (Å²) in [5.74, 6) is 1.48. The molecule has 0 aromatic heterocycles. The summed E-state index contributed by atoms with van der Waals surface area (Å²) in [7, 11) is 1.69. The molecule has 1 spiro atoms. The van der Waals surface area contributed by atoms with Gasteiger partial charge in [0.05, 0.1) is 12.5 Å². The number of hydrogen-bond acceptors (Lipinski definition) is 2. The molecule has 1 heterocycles. The Hall–Kier alpha value is -1.77. The summed E-state index contributed by atoms with van der Waals surface area (Å²) in [5.41, 5.74) is 4.00. The molecular weight excluding hydrogens is 274 g/mol. The first kappa shape index (κ1) is 15.1. The molecule has 1 aromatic carbocycles. The Morgan fingerprint density at radius 2 is 2.00 bits per heavy atom. The van der Waals surface area contributed by atoms with Crippen molar-refractivity contribution < 1.29 is 9.53 Å². The third-order valence-electron chi connectivity index (χ3n) is 5.69. The van der Waals surface area contributed by atoms with E-state index >= 15 is 0 Å². The second-order valence-corrected chi connectivity index (χ2v) is 6.47. The predicted molar refractivity (Wildman–Crippen MR) is 88.7 cm³/mol. The number of nitrogens with one attached hydrogen (secondary N) is 1. The molecule has 1 amide bonds. The zero-order valence-electron chi connectivity index (χ0n) is 13.7. The molecular formula is C19H25NO2. The van der Waals surface area contributed by atoms with Gasteiger partial charge in [-0.25, -0.2) is 0 Å². The standard InChI is InChI=1S/C19H25NO2/c1-4-16-13(2)19(11-12-20-18(19)21)10-9-17(16)14-5-7-15(22-3)8-6-14/h5-8,13H,4,9-12H2,1-3H3,(H,20,21)/t13-,19-/m0/s1. The van der Waals surface area contributed by atoms with Crippen LogP contribution in [0.3, 0.4) is 0 Å². The van der Waals surface area contributed by atoms with Gasteiger partial charge in [-0.2, -0.15) is 0 Å². The molecule has 22 heavy (non-hydrogen) atoms. The summed E-state index contributed by atoms with van der Waals surface area (Å²) in [6.07, 6.45) is 3.95. The summed E-state index contributed by atoms with van der Waals surface area (Å²) < 4.78 is 5.25. The van der Waals surface area contributed by atoms with E-state index < -0.39 is 0 Å². The molecule has 3 heteroatoms. The Balaban J connectivity index is 1.99. The van der Waals surface area contributed by atoms with Crippen molar-refractivity contribution in [2.75, 3.05) is 13.7 Å². The minimum absolute atomic E-state index is 0.165. The quantitative estimate of drug-likeness (QED) is 0.922. The van der Waals surface area contributed by atoms with Gasteiger partial charge in [0.2, 0.25) is 5.91 Å². The van der Waals surface area contributed by atoms with Crippen LogP contribution in [0.25, 0.3) is 5.57 Å². The second-order valence-electron chi connectivity index (χ2n) is 6.47. The van der Waals surface area contributed by atoms with E-state index in [1.807, 2.05) is 12.1 Å². The van der Waals surface area contributed by atoms with Gasteiger partial charge in [0.25, 0.3) is 0 Å². The van der Waals surface area contributed by atoms with E-state index in [9.17, 15) is 4.79 Å². The third kappa shape index (κ3) is 2.23. The van der Waals surface area contributed by atoms with E-state index in [1.54, 1.807) is 7.11 Å². The van der Waals surface area contributed by atoms with Crippen LogP contribution in [-0.2, 0) is 4.79 Å². The van der Waals surface area contributed by atoms with Crippen LogP contribution in [0, 0.1) is 11.3 Å². The lowest BCUT2D eigenvalue weighted by atomic mass is 9.62. The molecule has 1 N–H and O–H groups in total. The summed E-state index contributed by atoms with van der Waals surface area (Å²) >= 11 is 0. The fourth-order valence-corrected chi connectivity index (χ4v) is 4.30. The predicted octanol–water partition coefficient (Wildman–Crippen LogP) is 3.80. The van der Waals surface area contributed by atoms with Crippen LogP contribution in [-0.4, -0.2) is 19.6 Å². The molecule has 0 bridgehead atoms. The van der Waals surface area contributed by atoms with Gasteiger partial charge >= 0.3 is 0 Å². The molecule has 0 radical (unpaired) electrons. The fourth-order valence-electron chi connectivity index (χ4n) is 4.30. The number of ether oxygens (including phenoxy) is 1. The summed E-state index contributed by atoms with van der Waals surface area (Å²) in [4.78, 5) is 12.4. The second kappa shape index (κ2) is 5.79. The lowest BCUT2D eigenvalue weighted by molar-refractivity contribution is -0.130. The average molecular weight is 299 g/mol. The maximum Gasteiger partial charge on any atom is 0.226 e. The Bertz CT molecular complexity index is 602. The molecule has 0 unspecified atom stereocenters. The van der Waals surface area contributed by atoms with Crippen molar-refractivity contribution in [3.8, 4) is 5.75 Å². The van der Waals surface area contributed by atoms with E-state index in [2.05, 4.69) is 31.3 Å². The first-order chi connectivity index (χ1) is 10.6. The molecule has 118 valence electrons. The topological polar surface area (TPSA) is 38.3 Å². The number of allylic oxidation sites excluding steroid dienone is 2. The van der Waals surface area contributed by atoms with E-state index in [0.717, 1.165) is 38.0 Å². The maximum absolute atomic E-state index is 12.4. The molecule has 3 rings (SSSR count). The lowest BCUT2D eigenvalue weighted by Gasteiger charge is -2.40. The number of rotatable bonds is 3. The van der Waals surface area contributed by atoms with Gasteiger partial charge in [0.15, 0.2) is 0 Å². The van der Waals surface area contributed by atoms with E-state index in [-0.39, 0.29) is 11.3 Å². The number of methoxy groups -OCH3 is 1. The summed E-state index contributed by atoms with van der Waals surface area (Å²) in [6.45, 7) is 5.28. The number of carbonyl (C=O) groups is 1. The summed E-state index contributed by atoms with van der Waals surface area (Å²) in [6, 6.07) is 8.33. The Labute approximate surface area is 132 Å². The largest absolute Gasteiger partial charge is 0.497 e. The van der Waals surface area contributed by atoms with Gasteiger partial charge in [-0.3, -0.25) is 4.79 Å². The van der Waals surface area contributed by atoms with E-state index in [0.29, 0.717) is 5.92 Å². The van der Waals surface area contributed by atoms with Gasteiger partial charge in [-0.15, -0.1) is 0 Å². The van der Waals surface area contributed by atoms with Crippen LogP contribution >= 0.6 is 0 Å². The number of amides is 1. The van der Waals surface area contributed by atoms with Crippen molar-refractivity contribution in [2.24, 2.45) is 11.3 Å². The lowest BCUT2D eigenvalue weighted by Crippen LogP contribution is -2.40. The molecule has 1 saturated heterocycles. The average Bonchev–Trinajstić information content (AvgIpc) is 2.92. The molecule has 1 aliphatic carbocycles. The van der Waals surface area contributed by atoms with E-state index in [1.165, 1.54) is 16.7 Å². The van der Waals surface area contributed by atoms with E-state index in [4.69, 9.17) is 4.74 Å². The van der Waals surface area contributed by atoms with Crippen molar-refractivity contribution in [1.29, 1.82) is 0 Å². The zero-order valence-corrected chi connectivity index (χ0v) is 13.7. The number of hydrogen-bond donors (Lipinski definition) is 1. The molecule has 1 fully saturated rings. The highest BCUT2D eigenvalue weighted by molar-refractivity contribution is 5.87. The smallest absolute Gasteiger partial charge is 0.226 e. The Morgan fingerprint density at radius 1 is 1.27 bits per heavy atom. The highest BCUT2D eigenvalue weighted by Gasteiger charge is 2.49. The molecule has 2 aliphatic rings. The zero-order chi connectivity index (χ0) is 15.7. The SMILES string of the molecule is CCC1=C(c2ccc(OC)cc2)CC[C@]2(CCNC2=O)[C@H]1C. The van der Waals surface area contributed by atoms with Gasteiger partial charge < -0.3 is 10.1 Å². The van der Waals surface area contributed by atoms with Crippen LogP contribution in [0.15, 0.2) is 29.8 Å². The van der Waals surface area contributed by atoms with Gasteiger partial charge in [-0.1, -0.05) is 31.6 Å². The number of benzene rings is 1. The normalized spacial score (nSPS) is 28.1. The third-order valence-corrected chi connectivity index (χ3v) is 5.69. The minimum Gasteiger partial charge on any atom is -0.497 e. The first-order valence-corrected chi connectivity index (χ1v) is 8.27. The number of carbonyl (C=O) groups excluding carboxylic acids is 1. The van der Waals surface area contributed by atoms with Gasteiger partial charge in [0, 0.05) is 6.54 Å². The summed E-state index contributed by atoms with van der Waals surface area (Å²) in [5, 5.41) is 3.05.